The van der Waals surface area contributed by atoms with Crippen LogP contribution in [-0.2, 0) is 0 Å². The number of pyridine rings is 1. The minimum Gasteiger partial charge on any atom is -0.382 e. The van der Waals surface area contributed by atoms with Crippen LogP contribution in [-0.4, -0.2) is 4.98 Å². The predicted molar refractivity (Wildman–Crippen MR) is 77.9 cm³/mol. The first kappa shape index (κ1) is 13.0. The van der Waals surface area contributed by atoms with Crippen molar-refractivity contribution < 1.29 is 0 Å². The zero-order chi connectivity index (χ0) is 13.3. The molecule has 0 spiro atoms. The lowest BCUT2D eigenvalue weighted by atomic mass is 10.1. The molecule has 1 aromatic carbocycles. The summed E-state index contributed by atoms with van der Waals surface area (Å²) in [4.78, 5) is 4.13. The standard InChI is InChI=1S/C13H13Cl2N3/c1-7-3-4-11(8(2)5-7)17-13-10(15)6-9(14)12(16)18-13/h3-6H,1-2H3,(H3,16,17,18). The molecule has 0 unspecified atom stereocenters. The van der Waals surface area contributed by atoms with E-state index < -0.39 is 0 Å². The van der Waals surface area contributed by atoms with E-state index in [0.29, 0.717) is 15.9 Å². The number of aromatic nitrogens is 1. The van der Waals surface area contributed by atoms with Crippen LogP contribution in [0.2, 0.25) is 10.0 Å². The summed E-state index contributed by atoms with van der Waals surface area (Å²) >= 11 is 11.9. The second-order valence-electron chi connectivity index (χ2n) is 4.13. The molecule has 0 amide bonds. The maximum atomic E-state index is 6.07. The zero-order valence-electron chi connectivity index (χ0n) is 10.1. The lowest BCUT2D eigenvalue weighted by molar-refractivity contribution is 1.29. The van der Waals surface area contributed by atoms with Gasteiger partial charge in [-0.3, -0.25) is 0 Å². The number of hydrogen-bond donors (Lipinski definition) is 2. The smallest absolute Gasteiger partial charge is 0.151 e. The van der Waals surface area contributed by atoms with Crippen molar-refractivity contribution in [3.63, 3.8) is 0 Å². The molecule has 0 saturated carbocycles. The van der Waals surface area contributed by atoms with E-state index in [1.54, 1.807) is 6.07 Å². The van der Waals surface area contributed by atoms with E-state index in [4.69, 9.17) is 28.9 Å². The van der Waals surface area contributed by atoms with Gasteiger partial charge in [-0.05, 0) is 31.5 Å². The first-order chi connectivity index (χ1) is 8.47. The minimum absolute atomic E-state index is 0.258. The van der Waals surface area contributed by atoms with E-state index in [1.165, 1.54) is 5.56 Å². The minimum atomic E-state index is 0.258. The first-order valence-electron chi connectivity index (χ1n) is 5.43. The summed E-state index contributed by atoms with van der Waals surface area (Å²) in [6, 6.07) is 7.66. The molecule has 2 rings (SSSR count). The maximum Gasteiger partial charge on any atom is 0.151 e. The van der Waals surface area contributed by atoms with Gasteiger partial charge in [0.25, 0.3) is 0 Å². The third-order valence-electron chi connectivity index (χ3n) is 2.59. The number of benzene rings is 1. The molecule has 0 bridgehead atoms. The Hall–Kier alpha value is -1.45. The molecule has 18 heavy (non-hydrogen) atoms. The predicted octanol–water partition coefficient (Wildman–Crippen LogP) is 4.33. The lowest BCUT2D eigenvalue weighted by Gasteiger charge is -2.11. The third-order valence-corrected chi connectivity index (χ3v) is 3.18. The van der Waals surface area contributed by atoms with Crippen LogP contribution >= 0.6 is 23.2 Å². The number of nitrogen functional groups attached to an aromatic ring is 1. The summed E-state index contributed by atoms with van der Waals surface area (Å²) in [6.45, 7) is 4.06. The summed E-state index contributed by atoms with van der Waals surface area (Å²) < 4.78 is 0. The molecule has 0 atom stereocenters. The average molecular weight is 282 g/mol. The Morgan fingerprint density at radius 1 is 1.11 bits per heavy atom. The molecule has 0 fully saturated rings. The van der Waals surface area contributed by atoms with Gasteiger partial charge in [-0.2, -0.15) is 0 Å². The molecular formula is C13H13Cl2N3. The van der Waals surface area contributed by atoms with Crippen molar-refractivity contribution in [3.05, 3.63) is 45.4 Å². The van der Waals surface area contributed by atoms with Crippen molar-refractivity contribution >= 4 is 40.5 Å². The highest BCUT2D eigenvalue weighted by atomic mass is 35.5. The molecule has 0 saturated heterocycles. The quantitative estimate of drug-likeness (QED) is 0.861. The first-order valence-corrected chi connectivity index (χ1v) is 6.19. The molecule has 0 aliphatic rings. The molecule has 0 radical (unpaired) electrons. The van der Waals surface area contributed by atoms with Gasteiger partial charge >= 0.3 is 0 Å². The van der Waals surface area contributed by atoms with Gasteiger partial charge in [-0.1, -0.05) is 40.9 Å². The average Bonchev–Trinajstić information content (AvgIpc) is 2.29. The highest BCUT2D eigenvalue weighted by molar-refractivity contribution is 6.37. The van der Waals surface area contributed by atoms with Crippen molar-refractivity contribution in [2.45, 2.75) is 13.8 Å². The number of nitrogens with two attached hydrogens (primary N) is 1. The molecule has 0 aliphatic heterocycles. The Kier molecular flexibility index (Phi) is 3.64. The number of aryl methyl sites for hydroxylation is 2. The van der Waals surface area contributed by atoms with Gasteiger partial charge < -0.3 is 11.1 Å². The normalized spacial score (nSPS) is 10.4. The van der Waals surface area contributed by atoms with Gasteiger partial charge in [-0.15, -0.1) is 0 Å². The highest BCUT2D eigenvalue weighted by Gasteiger charge is 2.08. The van der Waals surface area contributed by atoms with Crippen molar-refractivity contribution in [1.29, 1.82) is 0 Å². The molecule has 2 aromatic rings. The van der Waals surface area contributed by atoms with Gasteiger partial charge in [-0.25, -0.2) is 4.98 Å². The molecule has 3 N–H and O–H groups in total. The molecule has 3 nitrogen and oxygen atoms in total. The van der Waals surface area contributed by atoms with Gasteiger partial charge in [0.05, 0.1) is 10.0 Å². The number of rotatable bonds is 2. The highest BCUT2D eigenvalue weighted by Crippen LogP contribution is 2.30. The molecule has 1 aromatic heterocycles. The summed E-state index contributed by atoms with van der Waals surface area (Å²) in [5.41, 5.74) is 8.92. The van der Waals surface area contributed by atoms with Crippen LogP contribution in [0.15, 0.2) is 24.3 Å². The monoisotopic (exact) mass is 281 g/mol. The Labute approximate surface area is 116 Å². The van der Waals surface area contributed by atoms with Gasteiger partial charge in [0.15, 0.2) is 5.82 Å². The van der Waals surface area contributed by atoms with Crippen molar-refractivity contribution in [2.24, 2.45) is 0 Å². The largest absolute Gasteiger partial charge is 0.382 e. The van der Waals surface area contributed by atoms with E-state index in [2.05, 4.69) is 16.4 Å². The number of nitrogens with one attached hydrogen (secondary N) is 1. The summed E-state index contributed by atoms with van der Waals surface area (Å²) in [6.07, 6.45) is 0. The van der Waals surface area contributed by atoms with Crippen molar-refractivity contribution in [1.82, 2.24) is 4.98 Å². The Balaban J connectivity index is 2.37. The Bertz CT molecular complexity index is 597. The molecule has 5 heteroatoms. The van der Waals surface area contributed by atoms with Crippen LogP contribution in [0.5, 0.6) is 0 Å². The van der Waals surface area contributed by atoms with E-state index in [-0.39, 0.29) is 5.82 Å². The molecule has 0 aliphatic carbocycles. The number of nitrogens with zero attached hydrogens (tertiary/aromatic N) is 1. The summed E-state index contributed by atoms with van der Waals surface area (Å²) in [5, 5.41) is 3.95. The second kappa shape index (κ2) is 5.04. The molecular weight excluding hydrogens is 269 g/mol. The maximum absolute atomic E-state index is 6.07. The van der Waals surface area contributed by atoms with Crippen LogP contribution in [0, 0.1) is 13.8 Å². The fourth-order valence-electron chi connectivity index (χ4n) is 1.65. The van der Waals surface area contributed by atoms with E-state index in [1.807, 2.05) is 26.0 Å². The Morgan fingerprint density at radius 3 is 2.50 bits per heavy atom. The number of hydrogen-bond acceptors (Lipinski definition) is 3. The number of anilines is 3. The van der Waals surface area contributed by atoms with Gasteiger partial charge in [0.1, 0.15) is 5.82 Å². The van der Waals surface area contributed by atoms with Crippen molar-refractivity contribution in [3.8, 4) is 0 Å². The zero-order valence-corrected chi connectivity index (χ0v) is 11.6. The lowest BCUT2D eigenvalue weighted by Crippen LogP contribution is -2.00. The Morgan fingerprint density at radius 2 is 1.83 bits per heavy atom. The fraction of sp³-hybridized carbons (Fsp3) is 0.154. The van der Waals surface area contributed by atoms with E-state index in [9.17, 15) is 0 Å². The summed E-state index contributed by atoms with van der Waals surface area (Å²) in [5.74, 6) is 0.763. The summed E-state index contributed by atoms with van der Waals surface area (Å²) in [7, 11) is 0. The van der Waals surface area contributed by atoms with Crippen LogP contribution in [0.1, 0.15) is 11.1 Å². The number of halogens is 2. The SMILES string of the molecule is Cc1ccc(Nc2nc(N)c(Cl)cc2Cl)c(C)c1. The van der Waals surface area contributed by atoms with Gasteiger partial charge in [0, 0.05) is 5.69 Å². The van der Waals surface area contributed by atoms with Gasteiger partial charge in [0.2, 0.25) is 0 Å². The van der Waals surface area contributed by atoms with Crippen molar-refractivity contribution in [2.75, 3.05) is 11.1 Å². The molecule has 94 valence electrons. The molecule has 1 heterocycles. The van der Waals surface area contributed by atoms with Crippen LogP contribution in [0.25, 0.3) is 0 Å². The van der Waals surface area contributed by atoms with Crippen LogP contribution in [0.4, 0.5) is 17.3 Å². The van der Waals surface area contributed by atoms with Crippen LogP contribution < -0.4 is 11.1 Å². The fourth-order valence-corrected chi connectivity index (χ4v) is 2.06. The van der Waals surface area contributed by atoms with Crippen LogP contribution in [0.3, 0.4) is 0 Å². The van der Waals surface area contributed by atoms with E-state index in [0.717, 1.165) is 11.3 Å². The van der Waals surface area contributed by atoms with E-state index >= 15 is 0 Å². The second-order valence-corrected chi connectivity index (χ2v) is 4.94. The third kappa shape index (κ3) is 2.68. The topological polar surface area (TPSA) is 50.9 Å².